The highest BCUT2D eigenvalue weighted by atomic mass is 16.5. The van der Waals surface area contributed by atoms with E-state index in [0.29, 0.717) is 31.9 Å². The molecule has 0 saturated heterocycles. The third kappa shape index (κ3) is 7.31. The van der Waals surface area contributed by atoms with Crippen LogP contribution >= 0.6 is 0 Å². The third-order valence-corrected chi connectivity index (χ3v) is 4.18. The Morgan fingerprint density at radius 3 is 2.29 bits per heavy atom. The van der Waals surface area contributed by atoms with Gasteiger partial charge < -0.3 is 19.1 Å². The van der Waals surface area contributed by atoms with Gasteiger partial charge in [-0.1, -0.05) is 30.3 Å². The predicted octanol–water partition coefficient (Wildman–Crippen LogP) is 3.10. The Morgan fingerprint density at radius 1 is 0.929 bits per heavy atom. The van der Waals surface area contributed by atoms with E-state index in [1.54, 1.807) is 31.1 Å². The summed E-state index contributed by atoms with van der Waals surface area (Å²) in [5.41, 5.74) is 1.08. The van der Waals surface area contributed by atoms with Gasteiger partial charge in [0, 0.05) is 13.1 Å². The van der Waals surface area contributed by atoms with Crippen LogP contribution in [0.3, 0.4) is 0 Å². The zero-order chi connectivity index (χ0) is 20.2. The largest absolute Gasteiger partial charge is 0.497 e. The summed E-state index contributed by atoms with van der Waals surface area (Å²) in [5.74, 6) is 0.946. The minimum atomic E-state index is -0.311. The van der Waals surface area contributed by atoms with Crippen LogP contribution in [0, 0.1) is 0 Å². The van der Waals surface area contributed by atoms with Gasteiger partial charge in [0.05, 0.1) is 20.1 Å². The van der Waals surface area contributed by atoms with Crippen molar-refractivity contribution in [3.8, 4) is 11.5 Å². The van der Waals surface area contributed by atoms with Gasteiger partial charge >= 0.3 is 5.97 Å². The fraction of sp³-hybridized carbons (Fsp3) is 0.364. The Kier molecular flexibility index (Phi) is 8.85. The van der Waals surface area contributed by atoms with E-state index in [0.717, 1.165) is 11.3 Å². The van der Waals surface area contributed by atoms with Crippen molar-refractivity contribution in [1.29, 1.82) is 0 Å². The number of carbonyl (C=O) groups is 2. The molecule has 0 aromatic heterocycles. The maximum Gasteiger partial charge on any atom is 0.307 e. The number of para-hydroxylation sites is 1. The van der Waals surface area contributed by atoms with Crippen LogP contribution in [0.4, 0.5) is 0 Å². The van der Waals surface area contributed by atoms with Gasteiger partial charge in [-0.15, -0.1) is 0 Å². The highest BCUT2D eigenvalue weighted by molar-refractivity contribution is 5.78. The molecule has 0 aliphatic carbocycles. The highest BCUT2D eigenvalue weighted by Gasteiger charge is 2.16. The Morgan fingerprint density at radius 2 is 1.64 bits per heavy atom. The van der Waals surface area contributed by atoms with Crippen LogP contribution in [-0.4, -0.2) is 50.2 Å². The van der Waals surface area contributed by atoms with Gasteiger partial charge in [0.25, 0.3) is 5.91 Å². The van der Waals surface area contributed by atoms with Gasteiger partial charge in [0.2, 0.25) is 0 Å². The number of nitrogens with zero attached hydrogens (tertiary/aromatic N) is 1. The summed E-state index contributed by atoms with van der Waals surface area (Å²) in [6, 6.07) is 16.9. The molecule has 0 atom stereocenters. The lowest BCUT2D eigenvalue weighted by Gasteiger charge is -2.22. The molecular formula is C22H27NO5. The fourth-order valence-electron chi connectivity index (χ4n) is 2.63. The second-order valence-corrected chi connectivity index (χ2v) is 6.14. The van der Waals surface area contributed by atoms with Crippen molar-refractivity contribution in [2.75, 3.05) is 33.4 Å². The first-order chi connectivity index (χ1) is 13.6. The van der Waals surface area contributed by atoms with Crippen LogP contribution in [0.1, 0.15) is 18.9 Å². The number of esters is 1. The van der Waals surface area contributed by atoms with Crippen LogP contribution in [-0.2, 0) is 20.7 Å². The SMILES string of the molecule is CCOC(=O)CCN(CCc1ccc(OC)cc1)C(=O)COc1ccccc1. The topological polar surface area (TPSA) is 65.1 Å². The van der Waals surface area contributed by atoms with Crippen molar-refractivity contribution in [3.05, 3.63) is 60.2 Å². The van der Waals surface area contributed by atoms with E-state index in [1.807, 2.05) is 42.5 Å². The van der Waals surface area contributed by atoms with Gasteiger partial charge in [-0.05, 0) is 43.2 Å². The van der Waals surface area contributed by atoms with E-state index in [4.69, 9.17) is 14.2 Å². The molecule has 0 spiro atoms. The molecule has 1 amide bonds. The number of amides is 1. The minimum absolute atomic E-state index is 0.0740. The number of hydrogen-bond donors (Lipinski definition) is 0. The van der Waals surface area contributed by atoms with Crippen molar-refractivity contribution in [2.45, 2.75) is 19.8 Å². The van der Waals surface area contributed by atoms with Gasteiger partial charge in [-0.25, -0.2) is 0 Å². The molecule has 0 N–H and O–H groups in total. The Bertz CT molecular complexity index is 730. The van der Waals surface area contributed by atoms with Gasteiger partial charge in [-0.3, -0.25) is 9.59 Å². The second-order valence-electron chi connectivity index (χ2n) is 6.14. The lowest BCUT2D eigenvalue weighted by Crippen LogP contribution is -2.38. The zero-order valence-corrected chi connectivity index (χ0v) is 16.4. The van der Waals surface area contributed by atoms with Crippen LogP contribution in [0.15, 0.2) is 54.6 Å². The predicted molar refractivity (Wildman–Crippen MR) is 106 cm³/mol. The average Bonchev–Trinajstić information content (AvgIpc) is 2.73. The highest BCUT2D eigenvalue weighted by Crippen LogP contribution is 2.13. The molecule has 0 aliphatic heterocycles. The second kappa shape index (κ2) is 11.6. The quantitative estimate of drug-likeness (QED) is 0.556. The normalized spacial score (nSPS) is 10.2. The molecular weight excluding hydrogens is 358 g/mol. The molecule has 150 valence electrons. The molecule has 0 radical (unpaired) electrons. The van der Waals surface area contributed by atoms with Crippen molar-refractivity contribution in [2.24, 2.45) is 0 Å². The first-order valence-corrected chi connectivity index (χ1v) is 9.36. The van der Waals surface area contributed by atoms with Crippen molar-refractivity contribution in [3.63, 3.8) is 0 Å². The monoisotopic (exact) mass is 385 g/mol. The van der Waals surface area contributed by atoms with E-state index < -0.39 is 0 Å². The summed E-state index contributed by atoms with van der Waals surface area (Å²) in [4.78, 5) is 26.0. The fourth-order valence-corrected chi connectivity index (χ4v) is 2.63. The van der Waals surface area contributed by atoms with Crippen molar-refractivity contribution in [1.82, 2.24) is 4.90 Å². The molecule has 2 aromatic carbocycles. The van der Waals surface area contributed by atoms with Crippen LogP contribution in [0.2, 0.25) is 0 Å². The summed E-state index contributed by atoms with van der Waals surface area (Å²) in [7, 11) is 1.62. The van der Waals surface area contributed by atoms with Crippen LogP contribution in [0.25, 0.3) is 0 Å². The average molecular weight is 385 g/mol. The molecule has 0 aliphatic rings. The van der Waals surface area contributed by atoms with E-state index in [1.165, 1.54) is 0 Å². The number of rotatable bonds is 11. The number of carbonyl (C=O) groups excluding carboxylic acids is 2. The molecule has 6 nitrogen and oxygen atoms in total. The Labute approximate surface area is 166 Å². The standard InChI is InChI=1S/C22H27NO5/c1-3-27-22(25)14-16-23(15-13-18-9-11-19(26-2)12-10-18)21(24)17-28-20-7-5-4-6-8-20/h4-12H,3,13-17H2,1-2H3. The smallest absolute Gasteiger partial charge is 0.307 e. The summed E-state index contributed by atoms with van der Waals surface area (Å²) >= 11 is 0. The summed E-state index contributed by atoms with van der Waals surface area (Å²) in [6.07, 6.45) is 0.831. The maximum absolute atomic E-state index is 12.6. The molecule has 0 heterocycles. The molecule has 0 unspecified atom stereocenters. The van der Waals surface area contributed by atoms with Gasteiger partial charge in [0.1, 0.15) is 11.5 Å². The van der Waals surface area contributed by atoms with Gasteiger partial charge in [-0.2, -0.15) is 0 Å². The van der Waals surface area contributed by atoms with Crippen molar-refractivity contribution >= 4 is 11.9 Å². The third-order valence-electron chi connectivity index (χ3n) is 4.18. The zero-order valence-electron chi connectivity index (χ0n) is 16.4. The molecule has 0 bridgehead atoms. The Hall–Kier alpha value is -3.02. The van der Waals surface area contributed by atoms with Crippen LogP contribution in [0.5, 0.6) is 11.5 Å². The number of methoxy groups -OCH3 is 1. The molecule has 2 aromatic rings. The minimum Gasteiger partial charge on any atom is -0.497 e. The summed E-state index contributed by atoms with van der Waals surface area (Å²) < 4.78 is 15.7. The number of hydrogen-bond acceptors (Lipinski definition) is 5. The lowest BCUT2D eigenvalue weighted by molar-refractivity contribution is -0.144. The van der Waals surface area contributed by atoms with E-state index >= 15 is 0 Å². The Balaban J connectivity index is 1.93. The van der Waals surface area contributed by atoms with E-state index in [2.05, 4.69) is 0 Å². The molecule has 6 heteroatoms. The molecule has 0 fully saturated rings. The number of ether oxygens (including phenoxy) is 3. The van der Waals surface area contributed by atoms with E-state index in [9.17, 15) is 9.59 Å². The maximum atomic E-state index is 12.6. The molecule has 2 rings (SSSR count). The first kappa shape index (κ1) is 21.3. The van der Waals surface area contributed by atoms with Crippen molar-refractivity contribution < 1.29 is 23.8 Å². The summed E-state index contributed by atoms with van der Waals surface area (Å²) in [6.45, 7) is 2.80. The first-order valence-electron chi connectivity index (χ1n) is 9.36. The molecule has 0 saturated carbocycles. The van der Waals surface area contributed by atoms with Crippen LogP contribution < -0.4 is 9.47 Å². The number of benzene rings is 2. The van der Waals surface area contributed by atoms with E-state index in [-0.39, 0.29) is 24.9 Å². The lowest BCUT2D eigenvalue weighted by atomic mass is 10.1. The molecule has 28 heavy (non-hydrogen) atoms. The summed E-state index contributed by atoms with van der Waals surface area (Å²) in [5, 5.41) is 0. The van der Waals surface area contributed by atoms with Gasteiger partial charge in [0.15, 0.2) is 6.61 Å².